The van der Waals surface area contributed by atoms with Gasteiger partial charge in [-0.15, -0.1) is 10.2 Å². The average molecular weight is 290 g/mol. The van der Waals surface area contributed by atoms with Crippen molar-refractivity contribution in [1.29, 1.82) is 0 Å². The van der Waals surface area contributed by atoms with Gasteiger partial charge in [0.2, 0.25) is 11.0 Å². The van der Waals surface area contributed by atoms with Crippen LogP contribution >= 0.6 is 11.3 Å². The molecular weight excluding hydrogens is 272 g/mol. The minimum Gasteiger partial charge on any atom is -0.374 e. The molecule has 0 saturated heterocycles. The Labute approximate surface area is 122 Å². The second-order valence-electron chi connectivity index (χ2n) is 4.59. The molecule has 1 amide bonds. The van der Waals surface area contributed by atoms with E-state index >= 15 is 0 Å². The summed E-state index contributed by atoms with van der Waals surface area (Å²) in [5.74, 6) is -0.0924. The van der Waals surface area contributed by atoms with Crippen molar-refractivity contribution in [3.8, 4) is 0 Å². The summed E-state index contributed by atoms with van der Waals surface area (Å²) < 4.78 is 0. The molecule has 5 nitrogen and oxygen atoms in total. The zero-order valence-electron chi connectivity index (χ0n) is 11.8. The molecule has 20 heavy (non-hydrogen) atoms. The van der Waals surface area contributed by atoms with Crippen molar-refractivity contribution in [3.63, 3.8) is 0 Å². The van der Waals surface area contributed by atoms with Crippen LogP contribution < -0.4 is 10.6 Å². The van der Waals surface area contributed by atoms with Gasteiger partial charge >= 0.3 is 0 Å². The number of hydrogen-bond acceptors (Lipinski definition) is 5. The standard InChI is InChI=1S/C14H18N4OS/c1-4-12(15-11-7-5-6-9(2)8-11)13(19)16-14-18-17-10(3)20-14/h5-8,12,15H,4H2,1-3H3,(H,16,18,19). The first-order valence-electron chi connectivity index (χ1n) is 6.52. The molecule has 0 saturated carbocycles. The minimum absolute atomic E-state index is 0.0924. The second-order valence-corrected chi connectivity index (χ2v) is 5.77. The van der Waals surface area contributed by atoms with Crippen molar-refractivity contribution in [3.05, 3.63) is 34.8 Å². The number of rotatable bonds is 5. The summed E-state index contributed by atoms with van der Waals surface area (Å²) in [6.45, 7) is 5.85. The molecule has 0 spiro atoms. The van der Waals surface area contributed by atoms with Crippen LogP contribution in [0.2, 0.25) is 0 Å². The lowest BCUT2D eigenvalue weighted by atomic mass is 10.1. The fourth-order valence-electron chi connectivity index (χ4n) is 1.83. The maximum Gasteiger partial charge on any atom is 0.248 e. The molecule has 6 heteroatoms. The maximum absolute atomic E-state index is 12.2. The number of carbonyl (C=O) groups excluding carboxylic acids is 1. The van der Waals surface area contributed by atoms with Gasteiger partial charge in [-0.05, 0) is 38.0 Å². The van der Waals surface area contributed by atoms with Crippen LogP contribution in [-0.4, -0.2) is 22.1 Å². The highest BCUT2D eigenvalue weighted by molar-refractivity contribution is 7.15. The van der Waals surface area contributed by atoms with E-state index in [2.05, 4.69) is 20.8 Å². The number of aryl methyl sites for hydroxylation is 2. The first-order chi connectivity index (χ1) is 9.58. The van der Waals surface area contributed by atoms with E-state index in [0.29, 0.717) is 11.6 Å². The van der Waals surface area contributed by atoms with Crippen molar-refractivity contribution in [2.45, 2.75) is 33.2 Å². The van der Waals surface area contributed by atoms with E-state index in [1.54, 1.807) is 0 Å². The highest BCUT2D eigenvalue weighted by Gasteiger charge is 2.17. The summed E-state index contributed by atoms with van der Waals surface area (Å²) in [7, 11) is 0. The number of nitrogens with one attached hydrogen (secondary N) is 2. The van der Waals surface area contributed by atoms with Crippen LogP contribution in [0.1, 0.15) is 23.9 Å². The molecular formula is C14H18N4OS. The normalized spacial score (nSPS) is 11.9. The van der Waals surface area contributed by atoms with Gasteiger partial charge in [0.25, 0.3) is 0 Å². The number of benzene rings is 1. The number of hydrogen-bond donors (Lipinski definition) is 2. The second kappa shape index (κ2) is 6.47. The number of anilines is 2. The summed E-state index contributed by atoms with van der Waals surface area (Å²) in [4.78, 5) is 12.2. The Balaban J connectivity index is 2.02. The van der Waals surface area contributed by atoms with E-state index in [-0.39, 0.29) is 11.9 Å². The number of carbonyl (C=O) groups is 1. The number of nitrogens with zero attached hydrogens (tertiary/aromatic N) is 2. The third-order valence-corrected chi connectivity index (χ3v) is 3.59. The lowest BCUT2D eigenvalue weighted by Gasteiger charge is -2.17. The first-order valence-corrected chi connectivity index (χ1v) is 7.34. The predicted octanol–water partition coefficient (Wildman–Crippen LogP) is 2.98. The monoisotopic (exact) mass is 290 g/mol. The zero-order chi connectivity index (χ0) is 14.5. The fraction of sp³-hybridized carbons (Fsp3) is 0.357. The molecule has 0 bridgehead atoms. The molecule has 1 aromatic carbocycles. The highest BCUT2D eigenvalue weighted by atomic mass is 32.1. The summed E-state index contributed by atoms with van der Waals surface area (Å²) in [6, 6.07) is 7.68. The minimum atomic E-state index is -0.291. The molecule has 1 unspecified atom stereocenters. The molecule has 106 valence electrons. The van der Waals surface area contributed by atoms with Gasteiger partial charge < -0.3 is 5.32 Å². The number of amides is 1. The Bertz CT molecular complexity index is 596. The van der Waals surface area contributed by atoms with Gasteiger partial charge in [0.05, 0.1) is 0 Å². The van der Waals surface area contributed by atoms with Gasteiger partial charge in [-0.2, -0.15) is 0 Å². The summed E-state index contributed by atoms with van der Waals surface area (Å²) >= 11 is 1.37. The van der Waals surface area contributed by atoms with Crippen molar-refractivity contribution >= 4 is 28.1 Å². The molecule has 2 aromatic rings. The third-order valence-electron chi connectivity index (χ3n) is 2.84. The molecule has 2 N–H and O–H groups in total. The summed E-state index contributed by atoms with van der Waals surface area (Å²) in [5, 5.41) is 15.2. The largest absolute Gasteiger partial charge is 0.374 e. The molecule has 1 heterocycles. The molecule has 0 aliphatic rings. The van der Waals surface area contributed by atoms with E-state index in [1.165, 1.54) is 11.3 Å². The molecule has 2 rings (SSSR count). The van der Waals surface area contributed by atoms with E-state index in [1.807, 2.05) is 45.0 Å². The average Bonchev–Trinajstić information content (AvgIpc) is 2.81. The lowest BCUT2D eigenvalue weighted by Crippen LogP contribution is -2.34. The van der Waals surface area contributed by atoms with Crippen molar-refractivity contribution in [2.24, 2.45) is 0 Å². The molecule has 1 aromatic heterocycles. The lowest BCUT2D eigenvalue weighted by molar-refractivity contribution is -0.117. The van der Waals surface area contributed by atoms with E-state index < -0.39 is 0 Å². The third kappa shape index (κ3) is 3.77. The Kier molecular flexibility index (Phi) is 4.68. The first kappa shape index (κ1) is 14.5. The molecule has 0 aliphatic heterocycles. The van der Waals surface area contributed by atoms with E-state index in [0.717, 1.165) is 16.3 Å². The molecule has 0 radical (unpaired) electrons. The van der Waals surface area contributed by atoms with Crippen LogP contribution in [0.15, 0.2) is 24.3 Å². The Morgan fingerprint density at radius 3 is 2.75 bits per heavy atom. The van der Waals surface area contributed by atoms with Crippen LogP contribution in [0.25, 0.3) is 0 Å². The van der Waals surface area contributed by atoms with Gasteiger partial charge in [-0.3, -0.25) is 10.1 Å². The SMILES string of the molecule is CCC(Nc1cccc(C)c1)C(=O)Nc1nnc(C)s1. The van der Waals surface area contributed by atoms with Gasteiger partial charge in [0.15, 0.2) is 0 Å². The Morgan fingerprint density at radius 1 is 1.35 bits per heavy atom. The van der Waals surface area contributed by atoms with Crippen LogP contribution in [0.3, 0.4) is 0 Å². The quantitative estimate of drug-likeness (QED) is 0.888. The van der Waals surface area contributed by atoms with Gasteiger partial charge in [0.1, 0.15) is 11.0 Å². The topological polar surface area (TPSA) is 66.9 Å². The van der Waals surface area contributed by atoms with Gasteiger partial charge in [0, 0.05) is 5.69 Å². The van der Waals surface area contributed by atoms with Crippen LogP contribution in [0.4, 0.5) is 10.8 Å². The van der Waals surface area contributed by atoms with Crippen molar-refractivity contribution < 1.29 is 4.79 Å². The summed E-state index contributed by atoms with van der Waals surface area (Å²) in [6.07, 6.45) is 0.692. The Morgan fingerprint density at radius 2 is 2.15 bits per heavy atom. The van der Waals surface area contributed by atoms with Crippen LogP contribution in [0, 0.1) is 13.8 Å². The highest BCUT2D eigenvalue weighted by Crippen LogP contribution is 2.16. The Hall–Kier alpha value is -1.95. The maximum atomic E-state index is 12.2. The smallest absolute Gasteiger partial charge is 0.248 e. The zero-order valence-corrected chi connectivity index (χ0v) is 12.6. The fourth-order valence-corrected chi connectivity index (χ4v) is 2.42. The van der Waals surface area contributed by atoms with Crippen LogP contribution in [-0.2, 0) is 4.79 Å². The van der Waals surface area contributed by atoms with E-state index in [4.69, 9.17) is 0 Å². The molecule has 0 aliphatic carbocycles. The van der Waals surface area contributed by atoms with Gasteiger partial charge in [-0.1, -0.05) is 30.4 Å². The predicted molar refractivity (Wildman–Crippen MR) is 82.2 cm³/mol. The van der Waals surface area contributed by atoms with E-state index in [9.17, 15) is 4.79 Å². The van der Waals surface area contributed by atoms with Gasteiger partial charge in [-0.25, -0.2) is 0 Å². The van der Waals surface area contributed by atoms with Crippen LogP contribution in [0.5, 0.6) is 0 Å². The van der Waals surface area contributed by atoms with Crippen molar-refractivity contribution in [1.82, 2.24) is 10.2 Å². The molecule has 0 fully saturated rings. The number of aromatic nitrogens is 2. The summed E-state index contributed by atoms with van der Waals surface area (Å²) in [5.41, 5.74) is 2.10. The molecule has 1 atom stereocenters. The van der Waals surface area contributed by atoms with Crippen molar-refractivity contribution in [2.75, 3.05) is 10.6 Å².